The molecule has 0 saturated carbocycles. The fourth-order valence-electron chi connectivity index (χ4n) is 2.37. The number of urea groups is 1. The summed E-state index contributed by atoms with van der Waals surface area (Å²) >= 11 is 0. The number of nitrogens with one attached hydrogen (secondary N) is 2. The summed E-state index contributed by atoms with van der Waals surface area (Å²) in [6.45, 7) is 0.173. The molecule has 134 valence electrons. The molecule has 0 atom stereocenters. The van der Waals surface area contributed by atoms with Crippen molar-refractivity contribution in [1.82, 2.24) is 10.3 Å². The van der Waals surface area contributed by atoms with E-state index in [-0.39, 0.29) is 12.6 Å². The van der Waals surface area contributed by atoms with Gasteiger partial charge in [0, 0.05) is 17.3 Å². The van der Waals surface area contributed by atoms with Gasteiger partial charge in [-0.25, -0.2) is 9.78 Å². The number of amides is 2. The number of oxazole rings is 1. The molecule has 0 bridgehead atoms. The van der Waals surface area contributed by atoms with Gasteiger partial charge in [-0.1, -0.05) is 30.3 Å². The Labute approximate surface area is 151 Å². The SMILES string of the molecule is COc1ccc(NC(=O)NCc2ncc(-c3ccccc3)o2)cc1OC. The third-order valence-electron chi connectivity index (χ3n) is 3.65. The van der Waals surface area contributed by atoms with E-state index in [2.05, 4.69) is 15.6 Å². The average molecular weight is 353 g/mol. The summed E-state index contributed by atoms with van der Waals surface area (Å²) in [6, 6.07) is 14.4. The summed E-state index contributed by atoms with van der Waals surface area (Å²) in [5.74, 6) is 2.20. The summed E-state index contributed by atoms with van der Waals surface area (Å²) in [6.07, 6.45) is 1.64. The van der Waals surface area contributed by atoms with Crippen molar-refractivity contribution in [3.63, 3.8) is 0 Å². The molecular weight excluding hydrogens is 334 g/mol. The minimum atomic E-state index is -0.378. The van der Waals surface area contributed by atoms with E-state index in [9.17, 15) is 4.79 Å². The summed E-state index contributed by atoms with van der Waals surface area (Å²) in [5.41, 5.74) is 1.51. The molecule has 7 nitrogen and oxygen atoms in total. The van der Waals surface area contributed by atoms with Gasteiger partial charge in [0.05, 0.1) is 27.0 Å². The Morgan fingerprint density at radius 3 is 2.58 bits per heavy atom. The van der Waals surface area contributed by atoms with Crippen molar-refractivity contribution >= 4 is 11.7 Å². The number of aromatic nitrogens is 1. The Bertz CT molecular complexity index is 878. The van der Waals surface area contributed by atoms with Crippen molar-refractivity contribution < 1.29 is 18.7 Å². The van der Waals surface area contributed by atoms with E-state index in [0.29, 0.717) is 28.8 Å². The average Bonchev–Trinajstić information content (AvgIpc) is 3.16. The topological polar surface area (TPSA) is 85.6 Å². The highest BCUT2D eigenvalue weighted by molar-refractivity contribution is 5.89. The number of hydrogen-bond donors (Lipinski definition) is 2. The Balaban J connectivity index is 1.57. The van der Waals surface area contributed by atoms with Crippen LogP contribution in [0.2, 0.25) is 0 Å². The van der Waals surface area contributed by atoms with Gasteiger partial charge in [0.1, 0.15) is 0 Å². The van der Waals surface area contributed by atoms with E-state index in [1.807, 2.05) is 30.3 Å². The number of anilines is 1. The quantitative estimate of drug-likeness (QED) is 0.706. The molecule has 0 spiro atoms. The second kappa shape index (κ2) is 8.06. The van der Waals surface area contributed by atoms with Gasteiger partial charge in [-0.2, -0.15) is 0 Å². The number of carbonyl (C=O) groups is 1. The fraction of sp³-hybridized carbons (Fsp3) is 0.158. The molecular formula is C19H19N3O4. The molecule has 0 aliphatic heterocycles. The Kier molecular flexibility index (Phi) is 5.38. The van der Waals surface area contributed by atoms with Crippen LogP contribution in [0.5, 0.6) is 11.5 Å². The zero-order valence-corrected chi connectivity index (χ0v) is 14.5. The molecule has 0 aliphatic rings. The van der Waals surface area contributed by atoms with Gasteiger partial charge in [-0.05, 0) is 12.1 Å². The summed E-state index contributed by atoms with van der Waals surface area (Å²) < 4.78 is 16.0. The monoisotopic (exact) mass is 353 g/mol. The first-order valence-corrected chi connectivity index (χ1v) is 7.96. The molecule has 26 heavy (non-hydrogen) atoms. The normalized spacial score (nSPS) is 10.2. The third kappa shape index (κ3) is 4.13. The smallest absolute Gasteiger partial charge is 0.319 e. The maximum absolute atomic E-state index is 12.1. The van der Waals surface area contributed by atoms with E-state index in [1.165, 1.54) is 7.11 Å². The molecule has 2 N–H and O–H groups in total. The van der Waals surface area contributed by atoms with Crippen molar-refractivity contribution in [2.75, 3.05) is 19.5 Å². The van der Waals surface area contributed by atoms with Crippen LogP contribution in [0, 0.1) is 0 Å². The number of carbonyl (C=O) groups excluding carboxylic acids is 1. The lowest BCUT2D eigenvalue weighted by Crippen LogP contribution is -2.28. The molecule has 0 unspecified atom stereocenters. The van der Waals surface area contributed by atoms with E-state index >= 15 is 0 Å². The van der Waals surface area contributed by atoms with Gasteiger partial charge >= 0.3 is 6.03 Å². The van der Waals surface area contributed by atoms with Crippen LogP contribution in [-0.2, 0) is 6.54 Å². The van der Waals surface area contributed by atoms with Gasteiger partial charge in [0.25, 0.3) is 0 Å². The highest BCUT2D eigenvalue weighted by Gasteiger charge is 2.09. The Morgan fingerprint density at radius 2 is 1.85 bits per heavy atom. The molecule has 1 heterocycles. The van der Waals surface area contributed by atoms with E-state index in [4.69, 9.17) is 13.9 Å². The zero-order chi connectivity index (χ0) is 18.4. The van der Waals surface area contributed by atoms with Crippen LogP contribution >= 0.6 is 0 Å². The standard InChI is InChI=1S/C19H19N3O4/c1-24-15-9-8-14(10-16(15)25-2)22-19(23)21-12-18-20-11-17(26-18)13-6-4-3-5-7-13/h3-11H,12H2,1-2H3,(H2,21,22,23). The summed E-state index contributed by atoms with van der Waals surface area (Å²) in [7, 11) is 3.09. The van der Waals surface area contributed by atoms with Crippen molar-refractivity contribution in [3.8, 4) is 22.8 Å². The van der Waals surface area contributed by atoms with Crippen LogP contribution < -0.4 is 20.1 Å². The maximum Gasteiger partial charge on any atom is 0.319 e. The minimum Gasteiger partial charge on any atom is -0.493 e. The molecule has 0 aliphatic carbocycles. The van der Waals surface area contributed by atoms with Gasteiger partial charge in [0.15, 0.2) is 17.3 Å². The first-order valence-electron chi connectivity index (χ1n) is 7.96. The van der Waals surface area contributed by atoms with Gasteiger partial charge < -0.3 is 24.5 Å². The lowest BCUT2D eigenvalue weighted by Gasteiger charge is -2.10. The van der Waals surface area contributed by atoms with Gasteiger partial charge in [-0.15, -0.1) is 0 Å². The Hall–Kier alpha value is -3.48. The predicted octanol–water partition coefficient (Wildman–Crippen LogP) is 3.68. The summed E-state index contributed by atoms with van der Waals surface area (Å²) in [4.78, 5) is 16.2. The largest absolute Gasteiger partial charge is 0.493 e. The van der Waals surface area contributed by atoms with Crippen molar-refractivity contribution in [1.29, 1.82) is 0 Å². The van der Waals surface area contributed by atoms with Crippen molar-refractivity contribution in [2.45, 2.75) is 6.54 Å². The number of nitrogens with zero attached hydrogens (tertiary/aromatic N) is 1. The van der Waals surface area contributed by atoms with E-state index in [1.54, 1.807) is 31.5 Å². The Morgan fingerprint density at radius 1 is 1.08 bits per heavy atom. The van der Waals surface area contributed by atoms with E-state index < -0.39 is 0 Å². The van der Waals surface area contributed by atoms with Crippen LogP contribution in [0.1, 0.15) is 5.89 Å². The second-order valence-corrected chi connectivity index (χ2v) is 5.36. The zero-order valence-electron chi connectivity index (χ0n) is 14.5. The first-order chi connectivity index (χ1) is 12.7. The van der Waals surface area contributed by atoms with Gasteiger partial charge in [-0.3, -0.25) is 0 Å². The first kappa shape index (κ1) is 17.3. The molecule has 7 heteroatoms. The number of benzene rings is 2. The molecule has 3 aromatic rings. The molecule has 3 rings (SSSR count). The van der Waals surface area contributed by atoms with Crippen molar-refractivity contribution in [2.24, 2.45) is 0 Å². The number of rotatable bonds is 6. The summed E-state index contributed by atoms with van der Waals surface area (Å²) in [5, 5.41) is 5.42. The minimum absolute atomic E-state index is 0.173. The maximum atomic E-state index is 12.1. The molecule has 1 aromatic heterocycles. The lowest BCUT2D eigenvalue weighted by molar-refractivity contribution is 0.250. The second-order valence-electron chi connectivity index (χ2n) is 5.36. The number of hydrogen-bond acceptors (Lipinski definition) is 5. The van der Waals surface area contributed by atoms with Crippen LogP contribution in [-0.4, -0.2) is 25.2 Å². The van der Waals surface area contributed by atoms with E-state index in [0.717, 1.165) is 5.56 Å². The van der Waals surface area contributed by atoms with Crippen molar-refractivity contribution in [3.05, 3.63) is 60.6 Å². The molecule has 0 radical (unpaired) electrons. The number of ether oxygens (including phenoxy) is 2. The molecule has 0 fully saturated rings. The van der Waals surface area contributed by atoms with Crippen LogP contribution in [0.25, 0.3) is 11.3 Å². The lowest BCUT2D eigenvalue weighted by atomic mass is 10.2. The highest BCUT2D eigenvalue weighted by atomic mass is 16.5. The molecule has 2 amide bonds. The molecule has 2 aromatic carbocycles. The van der Waals surface area contributed by atoms with Crippen LogP contribution in [0.4, 0.5) is 10.5 Å². The van der Waals surface area contributed by atoms with Crippen LogP contribution in [0.15, 0.2) is 59.1 Å². The third-order valence-corrected chi connectivity index (χ3v) is 3.65. The molecule has 0 saturated heterocycles. The van der Waals surface area contributed by atoms with Gasteiger partial charge in [0.2, 0.25) is 5.89 Å². The van der Waals surface area contributed by atoms with Crippen LogP contribution in [0.3, 0.4) is 0 Å². The highest BCUT2D eigenvalue weighted by Crippen LogP contribution is 2.29. The predicted molar refractivity (Wildman–Crippen MR) is 97.3 cm³/mol. The number of methoxy groups -OCH3 is 2. The fourth-order valence-corrected chi connectivity index (χ4v) is 2.37.